The molecule has 0 saturated carbocycles. The quantitative estimate of drug-likeness (QED) is 0.677. The number of nitrogens with one attached hydrogen (secondary N) is 1. The van der Waals surface area contributed by atoms with E-state index in [2.05, 4.69) is 10.3 Å². The van der Waals surface area contributed by atoms with E-state index in [1.54, 1.807) is 6.92 Å². The maximum absolute atomic E-state index is 12.5. The molecule has 0 aliphatic carbocycles. The van der Waals surface area contributed by atoms with Crippen molar-refractivity contribution in [2.75, 3.05) is 32.3 Å². The number of thiazole rings is 1. The fourth-order valence-electron chi connectivity index (χ4n) is 2.05. The summed E-state index contributed by atoms with van der Waals surface area (Å²) in [5, 5.41) is 11.7. The molecule has 0 spiro atoms. The summed E-state index contributed by atoms with van der Waals surface area (Å²) < 4.78 is 31.9. The van der Waals surface area contributed by atoms with Crippen LogP contribution in [0.3, 0.4) is 0 Å². The van der Waals surface area contributed by atoms with E-state index in [1.807, 2.05) is 6.07 Å². The number of hydrogen-bond donors (Lipinski definition) is 1. The van der Waals surface area contributed by atoms with E-state index < -0.39 is 15.9 Å². The van der Waals surface area contributed by atoms with Crippen molar-refractivity contribution in [1.29, 1.82) is 5.26 Å². The lowest BCUT2D eigenvalue weighted by molar-refractivity contribution is 0.102. The summed E-state index contributed by atoms with van der Waals surface area (Å²) in [6.45, 7) is 1.79. The van der Waals surface area contributed by atoms with Crippen LogP contribution in [0.4, 0.5) is 5.13 Å². The zero-order valence-electron chi connectivity index (χ0n) is 15.1. The Morgan fingerprint density at radius 2 is 2.15 bits per heavy atom. The first-order valence-electron chi connectivity index (χ1n) is 7.59. The molecular formula is C16H18N4O4S3. The maximum atomic E-state index is 12.5. The molecule has 2 aromatic rings. The van der Waals surface area contributed by atoms with Gasteiger partial charge in [0.1, 0.15) is 10.6 Å². The van der Waals surface area contributed by atoms with Gasteiger partial charge in [-0.1, -0.05) is 23.1 Å². The van der Waals surface area contributed by atoms with Crippen LogP contribution < -0.4 is 10.1 Å². The van der Waals surface area contributed by atoms with E-state index in [-0.39, 0.29) is 16.2 Å². The summed E-state index contributed by atoms with van der Waals surface area (Å²) in [6.07, 6.45) is 0. The SMILES string of the molecule is COc1ccc(C(=O)Nc2nc(C)c(SCC#N)s2)cc1S(=O)(=O)N(C)C. The Hall–Kier alpha value is -2.13. The molecule has 1 heterocycles. The molecule has 144 valence electrons. The van der Waals surface area contributed by atoms with Gasteiger partial charge in [0, 0.05) is 19.7 Å². The first-order chi connectivity index (χ1) is 12.7. The number of nitrogens with zero attached hydrogens (tertiary/aromatic N) is 3. The third kappa shape index (κ3) is 4.78. The van der Waals surface area contributed by atoms with Gasteiger partial charge in [-0.25, -0.2) is 17.7 Å². The molecule has 0 atom stereocenters. The number of sulfonamides is 1. The van der Waals surface area contributed by atoms with Gasteiger partial charge in [0.2, 0.25) is 10.0 Å². The zero-order valence-corrected chi connectivity index (χ0v) is 17.6. The lowest BCUT2D eigenvalue weighted by Gasteiger charge is -2.15. The summed E-state index contributed by atoms with van der Waals surface area (Å²) >= 11 is 2.61. The minimum absolute atomic E-state index is 0.0942. The second-order valence-electron chi connectivity index (χ2n) is 5.45. The molecule has 0 aliphatic heterocycles. The van der Waals surface area contributed by atoms with E-state index >= 15 is 0 Å². The van der Waals surface area contributed by atoms with Gasteiger partial charge in [-0.2, -0.15) is 5.26 Å². The molecule has 1 N–H and O–H groups in total. The molecule has 0 fully saturated rings. The summed E-state index contributed by atoms with van der Waals surface area (Å²) in [4.78, 5) is 16.7. The predicted octanol–water partition coefficient (Wildman–Crippen LogP) is 2.58. The number of rotatable bonds is 7. The van der Waals surface area contributed by atoms with Crippen LogP contribution in [0.25, 0.3) is 0 Å². The summed E-state index contributed by atoms with van der Waals surface area (Å²) in [7, 11) is 0.390. The Morgan fingerprint density at radius 3 is 2.74 bits per heavy atom. The molecular weight excluding hydrogens is 408 g/mol. The second kappa shape index (κ2) is 8.71. The zero-order chi connectivity index (χ0) is 20.2. The standard InChI is InChI=1S/C16H18N4O4S3/c1-10-15(25-8-7-17)26-16(18-10)19-14(21)11-5-6-12(24-4)13(9-11)27(22,23)20(2)3/h5-6,9H,8H2,1-4H3,(H,18,19,21). The van der Waals surface area contributed by atoms with Gasteiger partial charge in [0.25, 0.3) is 5.91 Å². The van der Waals surface area contributed by atoms with Crippen LogP contribution in [0, 0.1) is 18.3 Å². The van der Waals surface area contributed by atoms with Gasteiger partial charge in [-0.3, -0.25) is 10.1 Å². The third-order valence-electron chi connectivity index (χ3n) is 3.43. The first-order valence-corrected chi connectivity index (χ1v) is 10.8. The molecule has 11 heteroatoms. The number of carbonyl (C=O) groups is 1. The number of anilines is 1. The van der Waals surface area contributed by atoms with Crippen LogP contribution in [0.2, 0.25) is 0 Å². The normalized spacial score (nSPS) is 11.3. The molecule has 0 bridgehead atoms. The lowest BCUT2D eigenvalue weighted by atomic mass is 10.2. The van der Waals surface area contributed by atoms with Gasteiger partial charge in [0.15, 0.2) is 5.13 Å². The van der Waals surface area contributed by atoms with E-state index in [9.17, 15) is 13.2 Å². The molecule has 1 amide bonds. The maximum Gasteiger partial charge on any atom is 0.257 e. The fourth-order valence-corrected chi connectivity index (χ4v) is 4.92. The molecule has 0 aliphatic rings. The Balaban J connectivity index is 2.31. The average Bonchev–Trinajstić information content (AvgIpc) is 2.98. The number of carbonyl (C=O) groups excluding carboxylic acids is 1. The van der Waals surface area contributed by atoms with Crippen LogP contribution in [-0.2, 0) is 10.0 Å². The highest BCUT2D eigenvalue weighted by Crippen LogP contribution is 2.32. The van der Waals surface area contributed by atoms with Gasteiger partial charge in [-0.15, -0.1) is 0 Å². The van der Waals surface area contributed by atoms with Gasteiger partial charge >= 0.3 is 0 Å². The number of hydrogen-bond acceptors (Lipinski definition) is 8. The van der Waals surface area contributed by atoms with Crippen molar-refractivity contribution in [2.45, 2.75) is 16.0 Å². The van der Waals surface area contributed by atoms with Crippen molar-refractivity contribution in [2.24, 2.45) is 0 Å². The molecule has 1 aromatic heterocycles. The average molecular weight is 427 g/mol. The van der Waals surface area contributed by atoms with E-state index in [1.165, 1.54) is 62.5 Å². The van der Waals surface area contributed by atoms with E-state index in [4.69, 9.17) is 10.00 Å². The molecule has 0 unspecified atom stereocenters. The molecule has 27 heavy (non-hydrogen) atoms. The number of aromatic nitrogens is 1. The molecule has 0 saturated heterocycles. The van der Waals surface area contributed by atoms with Gasteiger partial charge in [0.05, 0.1) is 28.8 Å². The minimum atomic E-state index is -3.78. The van der Waals surface area contributed by atoms with Crippen LogP contribution in [0.15, 0.2) is 27.3 Å². The van der Waals surface area contributed by atoms with Crippen LogP contribution in [0.1, 0.15) is 16.1 Å². The smallest absolute Gasteiger partial charge is 0.257 e. The van der Waals surface area contributed by atoms with E-state index in [0.29, 0.717) is 10.9 Å². The third-order valence-corrected chi connectivity index (χ3v) is 7.57. The van der Waals surface area contributed by atoms with Crippen LogP contribution >= 0.6 is 23.1 Å². The van der Waals surface area contributed by atoms with Crippen molar-refractivity contribution >= 4 is 44.2 Å². The first kappa shape index (κ1) is 21.2. The van der Waals surface area contributed by atoms with E-state index in [0.717, 1.165) is 14.2 Å². The Kier molecular flexibility index (Phi) is 6.83. The van der Waals surface area contributed by atoms with Crippen molar-refractivity contribution in [3.05, 3.63) is 29.5 Å². The molecule has 8 nitrogen and oxygen atoms in total. The van der Waals surface area contributed by atoms with Gasteiger partial charge in [-0.05, 0) is 25.1 Å². The van der Waals surface area contributed by atoms with Crippen molar-refractivity contribution in [3.8, 4) is 11.8 Å². The number of methoxy groups -OCH3 is 1. The van der Waals surface area contributed by atoms with Crippen molar-refractivity contribution in [1.82, 2.24) is 9.29 Å². The predicted molar refractivity (Wildman–Crippen MR) is 105 cm³/mol. The highest BCUT2D eigenvalue weighted by atomic mass is 32.2. The monoisotopic (exact) mass is 426 g/mol. The number of amides is 1. The minimum Gasteiger partial charge on any atom is -0.495 e. The summed E-state index contributed by atoms with van der Waals surface area (Å²) in [6, 6.07) is 6.23. The Bertz CT molecular complexity index is 994. The second-order valence-corrected chi connectivity index (χ2v) is 9.81. The highest BCUT2D eigenvalue weighted by Gasteiger charge is 2.24. The lowest BCUT2D eigenvalue weighted by Crippen LogP contribution is -2.23. The van der Waals surface area contributed by atoms with Crippen molar-refractivity contribution < 1.29 is 17.9 Å². The number of ether oxygens (including phenoxy) is 1. The topological polar surface area (TPSA) is 112 Å². The van der Waals surface area contributed by atoms with Crippen molar-refractivity contribution in [3.63, 3.8) is 0 Å². The summed E-state index contributed by atoms with van der Waals surface area (Å²) in [5.41, 5.74) is 0.886. The Morgan fingerprint density at radius 1 is 1.44 bits per heavy atom. The summed E-state index contributed by atoms with van der Waals surface area (Å²) in [5.74, 6) is -0.0420. The molecule has 0 radical (unpaired) electrons. The number of aryl methyl sites for hydroxylation is 1. The number of thioether (sulfide) groups is 1. The largest absolute Gasteiger partial charge is 0.495 e. The highest BCUT2D eigenvalue weighted by molar-refractivity contribution is 8.01. The number of benzene rings is 1. The van der Waals surface area contributed by atoms with Crippen LogP contribution in [0.5, 0.6) is 5.75 Å². The fraction of sp³-hybridized carbons (Fsp3) is 0.312. The van der Waals surface area contributed by atoms with Gasteiger partial charge < -0.3 is 4.74 Å². The number of nitriles is 1. The van der Waals surface area contributed by atoms with Crippen LogP contribution in [-0.4, -0.2) is 50.6 Å². The molecule has 1 aromatic carbocycles. The molecule has 2 rings (SSSR count). The Labute approximate surface area is 166 Å².